The average Bonchev–Trinajstić information content (AvgIpc) is 3.53. The molecule has 3 aromatic carbocycles. The van der Waals surface area contributed by atoms with E-state index in [-0.39, 0.29) is 36.6 Å². The minimum atomic E-state index is -1.77. The highest BCUT2D eigenvalue weighted by Crippen LogP contribution is 2.31. The van der Waals surface area contributed by atoms with E-state index in [1.54, 1.807) is 39.0 Å². The second-order valence-electron chi connectivity index (χ2n) is 14.1. The van der Waals surface area contributed by atoms with Crippen LogP contribution in [0.25, 0.3) is 11.1 Å². The number of ether oxygens (including phenoxy) is 2. The van der Waals surface area contributed by atoms with E-state index in [9.17, 15) is 29.1 Å². The van der Waals surface area contributed by atoms with Gasteiger partial charge in [-0.15, -0.1) is 0 Å². The van der Waals surface area contributed by atoms with Crippen molar-refractivity contribution in [3.8, 4) is 5.75 Å². The summed E-state index contributed by atoms with van der Waals surface area (Å²) in [5.41, 5.74) is 4.12. The number of Topliss-reactive ketones (excluding diaryl/α,β-unsaturated/α-hetero) is 1. The Morgan fingerprint density at radius 3 is 2.27 bits per heavy atom. The first kappa shape index (κ1) is 40.3. The Bertz CT molecular complexity index is 1990. The lowest BCUT2D eigenvalue weighted by Gasteiger charge is -2.35. The molecule has 3 amide bonds. The Labute approximate surface area is 319 Å². The third-order valence-corrected chi connectivity index (χ3v) is 8.77. The van der Waals surface area contributed by atoms with Gasteiger partial charge in [-0.05, 0) is 62.9 Å². The van der Waals surface area contributed by atoms with Crippen molar-refractivity contribution in [2.45, 2.75) is 76.7 Å². The second kappa shape index (κ2) is 18.5. The normalized spacial score (nSPS) is 15.5. The molecule has 1 aliphatic heterocycles. The molecule has 4 aromatic rings. The number of nitrogens with zero attached hydrogens (tertiary/aromatic N) is 3. The molecule has 0 saturated heterocycles. The number of hydrogen-bond donors (Lipinski definition) is 3. The van der Waals surface area contributed by atoms with Crippen molar-refractivity contribution in [3.05, 3.63) is 108 Å². The van der Waals surface area contributed by atoms with Gasteiger partial charge in [0.05, 0.1) is 32.2 Å². The number of carbonyl (C=O) groups excluding carboxylic acids is 5. The van der Waals surface area contributed by atoms with Crippen LogP contribution in [0.1, 0.15) is 63.2 Å². The monoisotopic (exact) mass is 753 g/mol. The molecule has 0 saturated carbocycles. The number of ketones is 1. The maximum atomic E-state index is 14.3. The summed E-state index contributed by atoms with van der Waals surface area (Å²) in [6.45, 7) is 4.15. The molecule has 5 rings (SSSR count). The number of aliphatic hydroxyl groups excluding tert-OH is 1. The van der Waals surface area contributed by atoms with E-state index >= 15 is 0 Å². The van der Waals surface area contributed by atoms with Gasteiger partial charge in [0.25, 0.3) is 5.91 Å². The first-order valence-electron chi connectivity index (χ1n) is 18.1. The lowest BCUT2D eigenvalue weighted by molar-refractivity contribution is -0.162. The molecule has 0 bridgehead atoms. The van der Waals surface area contributed by atoms with Gasteiger partial charge in [-0.1, -0.05) is 66.7 Å². The molecule has 0 aliphatic carbocycles. The number of amides is 3. The van der Waals surface area contributed by atoms with Gasteiger partial charge in [0.1, 0.15) is 17.7 Å². The maximum Gasteiger partial charge on any atom is 0.308 e. The number of aliphatic hydroxyl groups is 1. The van der Waals surface area contributed by atoms with Crippen LogP contribution in [0.2, 0.25) is 0 Å². The van der Waals surface area contributed by atoms with E-state index in [4.69, 9.17) is 13.9 Å². The summed E-state index contributed by atoms with van der Waals surface area (Å²) in [6, 6.07) is 21.5. The molecule has 0 spiro atoms. The number of oxazole rings is 1. The van der Waals surface area contributed by atoms with Crippen LogP contribution < -0.4 is 15.5 Å². The average molecular weight is 754 g/mol. The van der Waals surface area contributed by atoms with Crippen molar-refractivity contribution in [1.29, 1.82) is 0 Å². The van der Waals surface area contributed by atoms with E-state index in [2.05, 4.69) is 15.7 Å². The predicted molar refractivity (Wildman–Crippen MR) is 202 cm³/mol. The third-order valence-electron chi connectivity index (χ3n) is 8.77. The number of benzene rings is 3. The van der Waals surface area contributed by atoms with Gasteiger partial charge in [-0.25, -0.2) is 9.99 Å². The van der Waals surface area contributed by atoms with Gasteiger partial charge in [-0.3, -0.25) is 34.7 Å². The van der Waals surface area contributed by atoms with E-state index < -0.39 is 60.4 Å². The number of hydrogen-bond acceptors (Lipinski definition) is 11. The zero-order valence-corrected chi connectivity index (χ0v) is 31.4. The number of aryl methyl sites for hydroxylation is 2. The minimum absolute atomic E-state index is 0.0532. The van der Waals surface area contributed by atoms with Crippen molar-refractivity contribution in [1.82, 2.24) is 25.6 Å². The smallest absolute Gasteiger partial charge is 0.308 e. The number of esters is 1. The van der Waals surface area contributed by atoms with Crippen LogP contribution in [0, 0.1) is 0 Å². The van der Waals surface area contributed by atoms with E-state index in [0.29, 0.717) is 24.1 Å². The van der Waals surface area contributed by atoms with Crippen molar-refractivity contribution in [2.75, 3.05) is 20.2 Å². The van der Waals surface area contributed by atoms with Crippen molar-refractivity contribution < 1.29 is 43.0 Å². The first-order valence-corrected chi connectivity index (χ1v) is 18.1. The number of fused-ring (bicyclic) bond motifs is 1. The molecule has 3 atom stereocenters. The van der Waals surface area contributed by atoms with Crippen LogP contribution in [0.5, 0.6) is 5.75 Å². The lowest BCUT2D eigenvalue weighted by atomic mass is 10.0. The van der Waals surface area contributed by atoms with Crippen molar-refractivity contribution >= 4 is 40.6 Å². The fraction of sp³-hybridized carbons (Fsp3) is 0.366. The van der Waals surface area contributed by atoms with E-state index in [1.165, 1.54) is 19.4 Å². The lowest BCUT2D eigenvalue weighted by Crippen LogP contribution is -2.57. The largest absolute Gasteiger partial charge is 0.493 e. The summed E-state index contributed by atoms with van der Waals surface area (Å²) in [5.74, 6) is -2.80. The molecular formula is C41H47N5O9. The summed E-state index contributed by atoms with van der Waals surface area (Å²) < 4.78 is 16.9. The summed E-state index contributed by atoms with van der Waals surface area (Å²) in [7, 11) is 1.45. The number of para-hydroxylation sites is 1. The zero-order chi connectivity index (χ0) is 39.5. The molecule has 1 aliphatic rings. The molecule has 0 fully saturated rings. The molecule has 55 heavy (non-hydrogen) atoms. The van der Waals surface area contributed by atoms with Gasteiger partial charge in [0, 0.05) is 19.0 Å². The molecule has 290 valence electrons. The van der Waals surface area contributed by atoms with Gasteiger partial charge in [0.15, 0.2) is 23.2 Å². The fourth-order valence-electron chi connectivity index (χ4n) is 6.01. The first-order chi connectivity index (χ1) is 26.3. The van der Waals surface area contributed by atoms with Crippen LogP contribution in [-0.4, -0.2) is 87.4 Å². The number of nitrogens with one attached hydrogen (secondary N) is 2. The fourth-order valence-corrected chi connectivity index (χ4v) is 6.01. The molecule has 2 heterocycles. The summed E-state index contributed by atoms with van der Waals surface area (Å²) in [5, 5.41) is 15.7. The SMILES string of the molecule is COc1cccc2nc([C@H](O)[C@H](CC(=O)OC(C)(C)C)N(NC(=O)CCc3ccccc3)C(=O)CN3C=CC(C(=O)CCc4ccccc4)NCC3=O)oc12. The van der Waals surface area contributed by atoms with Crippen LogP contribution in [-0.2, 0) is 41.6 Å². The molecule has 14 nitrogen and oxygen atoms in total. The molecule has 0 radical (unpaired) electrons. The summed E-state index contributed by atoms with van der Waals surface area (Å²) in [6.07, 6.45) is 1.53. The molecule has 1 aromatic heterocycles. The van der Waals surface area contributed by atoms with Gasteiger partial charge < -0.3 is 23.9 Å². The van der Waals surface area contributed by atoms with Crippen LogP contribution in [0.4, 0.5) is 0 Å². The number of carbonyl (C=O) groups is 5. The standard InChI is InChI=1S/C41H47N5O9/c1-41(2,3)55-37(51)24-31(38(52)40-43-30-16-11-17-33(53-4)39(30)54-40)46(44-34(48)21-19-28-14-9-6-10-15-28)36(50)26-45-23-22-29(42-25-35(45)49)32(47)20-18-27-12-7-5-8-13-27/h5-17,22-23,29,31,38,42,52H,18-21,24-26H2,1-4H3,(H,44,48)/t29?,31-,38+/m0/s1. The van der Waals surface area contributed by atoms with Gasteiger partial charge in [0.2, 0.25) is 17.7 Å². The number of hydrazine groups is 1. The van der Waals surface area contributed by atoms with Crippen LogP contribution in [0.3, 0.4) is 0 Å². The van der Waals surface area contributed by atoms with Crippen molar-refractivity contribution in [2.24, 2.45) is 0 Å². The Balaban J connectivity index is 1.43. The third kappa shape index (κ3) is 11.3. The highest BCUT2D eigenvalue weighted by Gasteiger charge is 2.39. The van der Waals surface area contributed by atoms with Gasteiger partial charge in [-0.2, -0.15) is 0 Å². The number of rotatable bonds is 15. The van der Waals surface area contributed by atoms with Gasteiger partial charge >= 0.3 is 5.97 Å². The Morgan fingerprint density at radius 1 is 0.982 bits per heavy atom. The molecule has 1 unspecified atom stereocenters. The maximum absolute atomic E-state index is 14.3. The molecule has 3 N–H and O–H groups in total. The Kier molecular flexibility index (Phi) is 13.5. The Hall–Kier alpha value is -5.86. The number of aromatic nitrogens is 1. The molecular weight excluding hydrogens is 706 g/mol. The number of methoxy groups -OCH3 is 1. The zero-order valence-electron chi connectivity index (χ0n) is 31.4. The quantitative estimate of drug-likeness (QED) is 0.118. The van der Waals surface area contributed by atoms with E-state index in [1.807, 2.05) is 60.7 Å². The highest BCUT2D eigenvalue weighted by molar-refractivity contribution is 5.91. The van der Waals surface area contributed by atoms with Crippen molar-refractivity contribution in [3.63, 3.8) is 0 Å². The van der Waals surface area contributed by atoms with Crippen LogP contribution >= 0.6 is 0 Å². The highest BCUT2D eigenvalue weighted by atomic mass is 16.6. The summed E-state index contributed by atoms with van der Waals surface area (Å²) >= 11 is 0. The predicted octanol–water partition coefficient (Wildman–Crippen LogP) is 3.98. The molecule has 14 heteroatoms. The second-order valence-corrected chi connectivity index (χ2v) is 14.1. The minimum Gasteiger partial charge on any atom is -0.493 e. The topological polar surface area (TPSA) is 181 Å². The Morgan fingerprint density at radius 2 is 1.64 bits per heavy atom. The summed E-state index contributed by atoms with van der Waals surface area (Å²) in [4.78, 5) is 73.1. The van der Waals surface area contributed by atoms with Crippen LogP contribution in [0.15, 0.2) is 95.6 Å². The van der Waals surface area contributed by atoms with E-state index in [0.717, 1.165) is 21.0 Å².